The average molecular weight is 285 g/mol. The predicted molar refractivity (Wildman–Crippen MR) is 75.9 cm³/mol. The van der Waals surface area contributed by atoms with Crippen LogP contribution < -0.4 is 10.5 Å². The predicted octanol–water partition coefficient (Wildman–Crippen LogP) is 0.688. The molecule has 1 atom stereocenters. The van der Waals surface area contributed by atoms with Crippen molar-refractivity contribution in [3.8, 4) is 5.75 Å². The van der Waals surface area contributed by atoms with E-state index in [0.717, 1.165) is 0 Å². The molecule has 1 unspecified atom stereocenters. The highest BCUT2D eigenvalue weighted by Gasteiger charge is 2.06. The molecule has 0 spiro atoms. The second-order valence-corrected chi connectivity index (χ2v) is 4.18. The van der Waals surface area contributed by atoms with Gasteiger partial charge in [0.1, 0.15) is 18.5 Å². The van der Waals surface area contributed by atoms with Crippen LogP contribution in [0.15, 0.2) is 24.3 Å². The standard InChI is InChI=1S/C14H23NO5/c1-17-6-7-18-8-9-19-10-12(16)11-20-14-5-3-2-4-13(14)15/h2-5,12,16H,6-11,15H2,1H3. The maximum atomic E-state index is 9.69. The Labute approximate surface area is 119 Å². The molecule has 1 aromatic carbocycles. The zero-order valence-corrected chi connectivity index (χ0v) is 11.8. The van der Waals surface area contributed by atoms with Gasteiger partial charge in [0.2, 0.25) is 0 Å². The van der Waals surface area contributed by atoms with Crippen molar-refractivity contribution in [2.24, 2.45) is 0 Å². The number of benzene rings is 1. The lowest BCUT2D eigenvalue weighted by Gasteiger charge is -2.14. The van der Waals surface area contributed by atoms with E-state index >= 15 is 0 Å². The van der Waals surface area contributed by atoms with Crippen molar-refractivity contribution in [2.45, 2.75) is 6.10 Å². The van der Waals surface area contributed by atoms with Crippen molar-refractivity contribution in [3.05, 3.63) is 24.3 Å². The molecule has 0 bridgehead atoms. The summed E-state index contributed by atoms with van der Waals surface area (Å²) < 4.78 is 20.7. The van der Waals surface area contributed by atoms with Crippen molar-refractivity contribution in [2.75, 3.05) is 52.5 Å². The van der Waals surface area contributed by atoms with Crippen LogP contribution in [-0.4, -0.2) is 58.0 Å². The number of aliphatic hydroxyl groups is 1. The zero-order chi connectivity index (χ0) is 14.6. The molecule has 0 saturated heterocycles. The summed E-state index contributed by atoms with van der Waals surface area (Å²) in [5, 5.41) is 9.69. The minimum atomic E-state index is -0.700. The number of methoxy groups -OCH3 is 1. The van der Waals surface area contributed by atoms with E-state index in [9.17, 15) is 5.11 Å². The first-order valence-corrected chi connectivity index (χ1v) is 6.54. The van der Waals surface area contributed by atoms with E-state index in [2.05, 4.69) is 0 Å². The summed E-state index contributed by atoms with van der Waals surface area (Å²) in [5.74, 6) is 0.564. The fraction of sp³-hybridized carbons (Fsp3) is 0.571. The first-order chi connectivity index (χ1) is 9.74. The number of anilines is 1. The van der Waals surface area contributed by atoms with Gasteiger partial charge in [-0.05, 0) is 12.1 Å². The lowest BCUT2D eigenvalue weighted by molar-refractivity contribution is -0.0168. The van der Waals surface area contributed by atoms with Crippen molar-refractivity contribution in [1.82, 2.24) is 0 Å². The van der Waals surface area contributed by atoms with Crippen LogP contribution in [0.5, 0.6) is 5.75 Å². The van der Waals surface area contributed by atoms with Crippen LogP contribution in [0.4, 0.5) is 5.69 Å². The molecule has 20 heavy (non-hydrogen) atoms. The highest BCUT2D eigenvalue weighted by atomic mass is 16.5. The summed E-state index contributed by atoms with van der Waals surface area (Å²) in [6, 6.07) is 7.15. The van der Waals surface area contributed by atoms with Gasteiger partial charge in [0.15, 0.2) is 0 Å². The lowest BCUT2D eigenvalue weighted by atomic mass is 10.3. The van der Waals surface area contributed by atoms with Gasteiger partial charge in [-0.1, -0.05) is 12.1 Å². The maximum Gasteiger partial charge on any atom is 0.142 e. The summed E-state index contributed by atoms with van der Waals surface area (Å²) >= 11 is 0. The Kier molecular flexibility index (Phi) is 8.73. The summed E-state index contributed by atoms with van der Waals surface area (Å²) in [5.41, 5.74) is 6.27. The number of hydrogen-bond donors (Lipinski definition) is 2. The quantitative estimate of drug-likeness (QED) is 0.460. The maximum absolute atomic E-state index is 9.69. The van der Waals surface area contributed by atoms with E-state index < -0.39 is 6.10 Å². The number of para-hydroxylation sites is 2. The highest BCUT2D eigenvalue weighted by Crippen LogP contribution is 2.19. The van der Waals surface area contributed by atoms with Gasteiger partial charge >= 0.3 is 0 Å². The Morgan fingerprint density at radius 2 is 1.75 bits per heavy atom. The molecule has 0 aliphatic rings. The molecule has 0 amide bonds. The molecule has 0 aromatic heterocycles. The minimum absolute atomic E-state index is 0.138. The minimum Gasteiger partial charge on any atom is -0.489 e. The average Bonchev–Trinajstić information content (AvgIpc) is 2.45. The first kappa shape index (κ1) is 16.7. The Bertz CT molecular complexity index is 361. The van der Waals surface area contributed by atoms with Gasteiger partial charge in [0.25, 0.3) is 0 Å². The van der Waals surface area contributed by atoms with E-state index in [-0.39, 0.29) is 13.2 Å². The van der Waals surface area contributed by atoms with Gasteiger partial charge in [0, 0.05) is 7.11 Å². The molecule has 6 nitrogen and oxygen atoms in total. The molecule has 0 radical (unpaired) electrons. The van der Waals surface area contributed by atoms with E-state index in [1.165, 1.54) is 0 Å². The van der Waals surface area contributed by atoms with Crippen molar-refractivity contribution in [1.29, 1.82) is 0 Å². The molecule has 3 N–H and O–H groups in total. The number of rotatable bonds is 11. The molecule has 114 valence electrons. The third-order valence-corrected chi connectivity index (χ3v) is 2.46. The van der Waals surface area contributed by atoms with Crippen LogP contribution in [0.2, 0.25) is 0 Å². The van der Waals surface area contributed by atoms with Crippen LogP contribution in [-0.2, 0) is 14.2 Å². The molecule has 1 rings (SSSR count). The van der Waals surface area contributed by atoms with Gasteiger partial charge in [-0.25, -0.2) is 0 Å². The SMILES string of the molecule is COCCOCCOCC(O)COc1ccccc1N. The fourth-order valence-electron chi connectivity index (χ4n) is 1.43. The van der Waals surface area contributed by atoms with E-state index in [0.29, 0.717) is 37.9 Å². The van der Waals surface area contributed by atoms with Crippen LogP contribution in [0, 0.1) is 0 Å². The summed E-state index contributed by atoms with van der Waals surface area (Å²) in [4.78, 5) is 0. The van der Waals surface area contributed by atoms with Gasteiger partial charge in [-0.15, -0.1) is 0 Å². The molecule has 0 aliphatic heterocycles. The van der Waals surface area contributed by atoms with Crippen molar-refractivity contribution >= 4 is 5.69 Å². The third-order valence-electron chi connectivity index (χ3n) is 2.46. The number of nitrogens with two attached hydrogens (primary N) is 1. The lowest BCUT2D eigenvalue weighted by Crippen LogP contribution is -2.24. The van der Waals surface area contributed by atoms with Crippen molar-refractivity contribution < 1.29 is 24.1 Å². The van der Waals surface area contributed by atoms with Gasteiger partial charge in [0.05, 0.1) is 38.7 Å². The highest BCUT2D eigenvalue weighted by molar-refractivity contribution is 5.51. The molecule has 0 saturated carbocycles. The molecule has 0 fully saturated rings. The normalized spacial score (nSPS) is 12.3. The molecule has 0 aliphatic carbocycles. The van der Waals surface area contributed by atoms with E-state index in [1.807, 2.05) is 12.1 Å². The Morgan fingerprint density at radius 3 is 2.50 bits per heavy atom. The number of ether oxygens (including phenoxy) is 4. The Hall–Kier alpha value is -1.34. The Morgan fingerprint density at radius 1 is 1.05 bits per heavy atom. The molecule has 0 heterocycles. The van der Waals surface area contributed by atoms with E-state index in [4.69, 9.17) is 24.7 Å². The monoisotopic (exact) mass is 285 g/mol. The Balaban J connectivity index is 2.03. The smallest absolute Gasteiger partial charge is 0.142 e. The zero-order valence-electron chi connectivity index (χ0n) is 11.8. The largest absolute Gasteiger partial charge is 0.489 e. The molecule has 1 aromatic rings. The van der Waals surface area contributed by atoms with Gasteiger partial charge in [-0.3, -0.25) is 0 Å². The van der Waals surface area contributed by atoms with Crippen molar-refractivity contribution in [3.63, 3.8) is 0 Å². The van der Waals surface area contributed by atoms with Gasteiger partial charge in [-0.2, -0.15) is 0 Å². The summed E-state index contributed by atoms with van der Waals surface area (Å²) in [6.07, 6.45) is -0.700. The summed E-state index contributed by atoms with van der Waals surface area (Å²) in [7, 11) is 1.62. The van der Waals surface area contributed by atoms with Crippen LogP contribution >= 0.6 is 0 Å². The second-order valence-electron chi connectivity index (χ2n) is 4.18. The number of nitrogen functional groups attached to an aromatic ring is 1. The second kappa shape index (κ2) is 10.4. The van der Waals surface area contributed by atoms with Gasteiger partial charge < -0.3 is 29.8 Å². The topological polar surface area (TPSA) is 83.2 Å². The molecular formula is C14H23NO5. The number of hydrogen-bond acceptors (Lipinski definition) is 6. The molecular weight excluding hydrogens is 262 g/mol. The van der Waals surface area contributed by atoms with Crippen LogP contribution in [0.1, 0.15) is 0 Å². The molecule has 6 heteroatoms. The van der Waals surface area contributed by atoms with Crippen LogP contribution in [0.3, 0.4) is 0 Å². The first-order valence-electron chi connectivity index (χ1n) is 6.54. The van der Waals surface area contributed by atoms with Crippen LogP contribution in [0.25, 0.3) is 0 Å². The van der Waals surface area contributed by atoms with E-state index in [1.54, 1.807) is 19.2 Å². The third kappa shape index (κ3) is 7.30. The summed E-state index contributed by atoms with van der Waals surface area (Å²) in [6.45, 7) is 2.34. The fourth-order valence-corrected chi connectivity index (χ4v) is 1.43. The number of aliphatic hydroxyl groups excluding tert-OH is 1.